The zero-order valence-corrected chi connectivity index (χ0v) is 12.2. The van der Waals surface area contributed by atoms with Crippen LogP contribution in [0.4, 0.5) is 0 Å². The number of nitrogens with zero attached hydrogens (tertiary/aromatic N) is 1. The molecular weight excluding hydrogens is 256 g/mol. The first kappa shape index (κ1) is 14.4. The summed E-state index contributed by atoms with van der Waals surface area (Å²) < 4.78 is 6.55. The van der Waals surface area contributed by atoms with E-state index < -0.39 is 0 Å². The topological polar surface area (TPSA) is 67.2 Å². The van der Waals surface area contributed by atoms with Crippen molar-refractivity contribution >= 4 is 0 Å². The highest BCUT2D eigenvalue weighted by Gasteiger charge is 2.24. The monoisotopic (exact) mass is 276 g/mol. The predicted molar refractivity (Wildman–Crippen MR) is 77.6 cm³/mol. The fraction of sp³-hybridized carbons (Fsp3) is 0.400. The molecule has 2 N–H and O–H groups in total. The van der Waals surface area contributed by atoms with Crippen LogP contribution in [0.5, 0.6) is 5.75 Å². The summed E-state index contributed by atoms with van der Waals surface area (Å²) in [4.78, 5) is 12.4. The van der Waals surface area contributed by atoms with Crippen LogP contribution in [0.1, 0.15) is 32.0 Å². The average Bonchev–Trinajstić information content (AvgIpc) is 2.76. The summed E-state index contributed by atoms with van der Waals surface area (Å²) in [6, 6.07) is 7.17. The molecule has 0 bridgehead atoms. The van der Waals surface area contributed by atoms with Gasteiger partial charge < -0.3 is 9.84 Å². The molecule has 1 aromatic carbocycles. The number of aromatic amines is 1. The maximum Gasteiger partial charge on any atom is 0.277 e. The van der Waals surface area contributed by atoms with Crippen LogP contribution in [0.15, 0.2) is 29.1 Å². The van der Waals surface area contributed by atoms with Gasteiger partial charge >= 0.3 is 0 Å². The molecule has 0 spiro atoms. The molecular formula is C15H20N2O3. The second-order valence-electron chi connectivity index (χ2n) is 5.71. The quantitative estimate of drug-likeness (QED) is 0.900. The summed E-state index contributed by atoms with van der Waals surface area (Å²) in [7, 11) is 1.59. The molecule has 0 unspecified atom stereocenters. The lowest BCUT2D eigenvalue weighted by atomic mass is 9.90. The Balaban J connectivity index is 2.57. The summed E-state index contributed by atoms with van der Waals surface area (Å²) in [5.74, 6) is 0.729. The summed E-state index contributed by atoms with van der Waals surface area (Å²) in [6.45, 7) is 5.71. The SMILES string of the molecule is COc1ccc(-n2[nH]c(C(C)(C)C)c(CO)c2=O)cc1. The molecule has 5 heteroatoms. The molecule has 0 saturated heterocycles. The van der Waals surface area contributed by atoms with E-state index in [2.05, 4.69) is 5.10 Å². The second kappa shape index (κ2) is 5.17. The van der Waals surface area contributed by atoms with E-state index in [-0.39, 0.29) is 17.6 Å². The number of rotatable bonds is 3. The number of methoxy groups -OCH3 is 1. The minimum atomic E-state index is -0.273. The molecule has 0 aliphatic rings. The van der Waals surface area contributed by atoms with Crippen molar-refractivity contribution in [3.63, 3.8) is 0 Å². The largest absolute Gasteiger partial charge is 0.497 e. The Bertz CT molecular complexity index is 645. The molecule has 0 aliphatic carbocycles. The van der Waals surface area contributed by atoms with Crippen LogP contribution in [-0.2, 0) is 12.0 Å². The van der Waals surface area contributed by atoms with Crippen molar-refractivity contribution in [1.82, 2.24) is 9.78 Å². The molecule has 108 valence electrons. The van der Waals surface area contributed by atoms with Gasteiger partial charge in [0.05, 0.1) is 25.0 Å². The van der Waals surface area contributed by atoms with E-state index in [1.807, 2.05) is 20.8 Å². The summed E-state index contributed by atoms with van der Waals surface area (Å²) >= 11 is 0. The van der Waals surface area contributed by atoms with Gasteiger partial charge in [-0.1, -0.05) is 20.8 Å². The minimum Gasteiger partial charge on any atom is -0.497 e. The number of hydrogen-bond donors (Lipinski definition) is 2. The number of aromatic nitrogens is 2. The molecule has 0 fully saturated rings. The highest BCUT2D eigenvalue weighted by molar-refractivity contribution is 5.38. The maximum absolute atomic E-state index is 12.4. The Morgan fingerprint density at radius 3 is 2.25 bits per heavy atom. The molecule has 0 amide bonds. The Kier molecular flexibility index (Phi) is 3.72. The third-order valence-electron chi connectivity index (χ3n) is 3.23. The van der Waals surface area contributed by atoms with E-state index in [4.69, 9.17) is 4.74 Å². The smallest absolute Gasteiger partial charge is 0.277 e. The van der Waals surface area contributed by atoms with Gasteiger partial charge in [0.2, 0.25) is 0 Å². The van der Waals surface area contributed by atoms with Crippen LogP contribution in [0.3, 0.4) is 0 Å². The average molecular weight is 276 g/mol. The van der Waals surface area contributed by atoms with Crippen molar-refractivity contribution in [2.75, 3.05) is 7.11 Å². The number of benzene rings is 1. The van der Waals surface area contributed by atoms with Gasteiger partial charge in [0.15, 0.2) is 0 Å². The molecule has 0 aliphatic heterocycles. The first-order valence-electron chi connectivity index (χ1n) is 6.48. The lowest BCUT2D eigenvalue weighted by Crippen LogP contribution is -2.18. The van der Waals surface area contributed by atoms with Gasteiger partial charge in [-0.15, -0.1) is 0 Å². The second-order valence-corrected chi connectivity index (χ2v) is 5.71. The minimum absolute atomic E-state index is 0.220. The van der Waals surface area contributed by atoms with Crippen molar-refractivity contribution in [1.29, 1.82) is 0 Å². The van der Waals surface area contributed by atoms with Gasteiger partial charge in [-0.2, -0.15) is 0 Å². The normalized spacial score (nSPS) is 11.7. The van der Waals surface area contributed by atoms with E-state index in [9.17, 15) is 9.90 Å². The van der Waals surface area contributed by atoms with E-state index in [1.54, 1.807) is 31.4 Å². The molecule has 2 rings (SSSR count). The van der Waals surface area contributed by atoms with Crippen LogP contribution in [-0.4, -0.2) is 22.0 Å². The number of ether oxygens (including phenoxy) is 1. The Labute approximate surface area is 117 Å². The fourth-order valence-electron chi connectivity index (χ4n) is 2.15. The lowest BCUT2D eigenvalue weighted by Gasteiger charge is -2.17. The number of nitrogens with one attached hydrogen (secondary N) is 1. The maximum atomic E-state index is 12.4. The van der Waals surface area contributed by atoms with Gasteiger partial charge in [0.1, 0.15) is 5.75 Å². The first-order valence-corrected chi connectivity index (χ1v) is 6.48. The molecule has 1 heterocycles. The van der Waals surface area contributed by atoms with Crippen molar-refractivity contribution in [2.45, 2.75) is 32.8 Å². The third-order valence-corrected chi connectivity index (χ3v) is 3.23. The lowest BCUT2D eigenvalue weighted by molar-refractivity contribution is 0.277. The standard InChI is InChI=1S/C15H20N2O3/c1-15(2,3)13-12(9-18)14(19)17(16-13)10-5-7-11(20-4)8-6-10/h5-8,16,18H,9H2,1-4H3. The van der Waals surface area contributed by atoms with E-state index in [0.29, 0.717) is 11.3 Å². The number of aliphatic hydroxyl groups is 1. The molecule has 0 saturated carbocycles. The van der Waals surface area contributed by atoms with Crippen LogP contribution >= 0.6 is 0 Å². The van der Waals surface area contributed by atoms with Gasteiger partial charge in [0, 0.05) is 11.1 Å². The zero-order valence-electron chi connectivity index (χ0n) is 12.2. The van der Waals surface area contributed by atoms with Gasteiger partial charge in [-0.3, -0.25) is 9.89 Å². The molecule has 20 heavy (non-hydrogen) atoms. The summed E-state index contributed by atoms with van der Waals surface area (Å²) in [5, 5.41) is 12.5. The number of hydrogen-bond acceptors (Lipinski definition) is 3. The van der Waals surface area contributed by atoms with Crippen LogP contribution in [0.25, 0.3) is 5.69 Å². The molecule has 0 radical (unpaired) electrons. The Morgan fingerprint density at radius 1 is 1.25 bits per heavy atom. The van der Waals surface area contributed by atoms with Crippen LogP contribution in [0, 0.1) is 0 Å². The van der Waals surface area contributed by atoms with Crippen LogP contribution in [0.2, 0.25) is 0 Å². The first-order chi connectivity index (χ1) is 9.38. The molecule has 5 nitrogen and oxygen atoms in total. The summed E-state index contributed by atoms with van der Waals surface area (Å²) in [6.07, 6.45) is 0. The van der Waals surface area contributed by atoms with Crippen molar-refractivity contribution in [3.05, 3.63) is 45.9 Å². The number of aliphatic hydroxyl groups excluding tert-OH is 1. The van der Waals surface area contributed by atoms with Gasteiger partial charge in [0.25, 0.3) is 5.56 Å². The number of H-pyrrole nitrogens is 1. The zero-order chi connectivity index (χ0) is 14.9. The molecule has 1 aromatic heterocycles. The van der Waals surface area contributed by atoms with Crippen LogP contribution < -0.4 is 10.3 Å². The highest BCUT2D eigenvalue weighted by atomic mass is 16.5. The van der Waals surface area contributed by atoms with Gasteiger partial charge in [-0.25, -0.2) is 4.68 Å². The summed E-state index contributed by atoms with van der Waals surface area (Å²) in [5.41, 5.74) is 1.41. The molecule has 0 atom stereocenters. The van der Waals surface area contributed by atoms with Gasteiger partial charge in [-0.05, 0) is 24.3 Å². The van der Waals surface area contributed by atoms with E-state index in [1.165, 1.54) is 4.68 Å². The van der Waals surface area contributed by atoms with Crippen molar-refractivity contribution < 1.29 is 9.84 Å². The fourth-order valence-corrected chi connectivity index (χ4v) is 2.15. The van der Waals surface area contributed by atoms with Crippen molar-refractivity contribution in [3.8, 4) is 11.4 Å². The molecule has 2 aromatic rings. The Hall–Kier alpha value is -2.01. The van der Waals surface area contributed by atoms with E-state index >= 15 is 0 Å². The van der Waals surface area contributed by atoms with E-state index in [0.717, 1.165) is 11.4 Å². The third kappa shape index (κ3) is 2.49. The Morgan fingerprint density at radius 2 is 1.85 bits per heavy atom. The highest BCUT2D eigenvalue weighted by Crippen LogP contribution is 2.23. The van der Waals surface area contributed by atoms with Crippen molar-refractivity contribution in [2.24, 2.45) is 0 Å². The predicted octanol–water partition coefficient (Wildman–Crippen LogP) is 1.96.